The van der Waals surface area contributed by atoms with Crippen molar-refractivity contribution in [1.82, 2.24) is 0 Å². The molecule has 0 aromatic heterocycles. The highest BCUT2D eigenvalue weighted by Crippen LogP contribution is 2.34. The minimum atomic E-state index is -3.13. The van der Waals surface area contributed by atoms with Crippen LogP contribution in [0.5, 0.6) is 11.5 Å². The molecule has 0 unspecified atom stereocenters. The van der Waals surface area contributed by atoms with E-state index in [0.29, 0.717) is 0 Å². The van der Waals surface area contributed by atoms with Gasteiger partial charge in [0.05, 0.1) is 11.1 Å². The molecular formula is C11H11ClF2O4. The van der Waals surface area contributed by atoms with Crippen LogP contribution < -0.4 is 9.47 Å². The first-order valence-corrected chi connectivity index (χ1v) is 5.37. The smallest absolute Gasteiger partial charge is 0.387 e. The summed E-state index contributed by atoms with van der Waals surface area (Å²) in [7, 11) is 0. The van der Waals surface area contributed by atoms with E-state index in [1.54, 1.807) is 13.8 Å². The Bertz CT molecular complexity index is 449. The lowest BCUT2D eigenvalue weighted by Crippen LogP contribution is -2.10. The zero-order chi connectivity index (χ0) is 13.9. The van der Waals surface area contributed by atoms with Gasteiger partial charge in [-0.25, -0.2) is 4.79 Å². The summed E-state index contributed by atoms with van der Waals surface area (Å²) in [5.74, 6) is -1.81. The third-order valence-electron chi connectivity index (χ3n) is 1.84. The van der Waals surface area contributed by atoms with Crippen molar-refractivity contribution in [1.29, 1.82) is 0 Å². The Labute approximate surface area is 107 Å². The summed E-state index contributed by atoms with van der Waals surface area (Å²) >= 11 is 5.79. The van der Waals surface area contributed by atoms with E-state index in [0.717, 1.165) is 12.1 Å². The number of carboxylic acid groups (broad SMARTS) is 1. The molecule has 0 aliphatic carbocycles. The highest BCUT2D eigenvalue weighted by atomic mass is 35.5. The van der Waals surface area contributed by atoms with E-state index in [4.69, 9.17) is 21.4 Å². The molecule has 1 aromatic carbocycles. The van der Waals surface area contributed by atoms with Crippen molar-refractivity contribution in [2.24, 2.45) is 0 Å². The summed E-state index contributed by atoms with van der Waals surface area (Å²) in [6, 6.07) is 2.05. The molecule has 0 bridgehead atoms. The van der Waals surface area contributed by atoms with Gasteiger partial charge in [0.2, 0.25) is 0 Å². The first-order valence-electron chi connectivity index (χ1n) is 4.99. The molecule has 0 aliphatic rings. The second-order valence-corrected chi connectivity index (χ2v) is 4.04. The fourth-order valence-electron chi connectivity index (χ4n) is 1.24. The molecule has 0 saturated carbocycles. The lowest BCUT2D eigenvalue weighted by atomic mass is 10.2. The number of hydrogen-bond acceptors (Lipinski definition) is 3. The molecule has 0 saturated heterocycles. The first kappa shape index (κ1) is 14.5. The maximum absolute atomic E-state index is 12.2. The molecule has 4 nitrogen and oxygen atoms in total. The Morgan fingerprint density at radius 2 is 1.89 bits per heavy atom. The van der Waals surface area contributed by atoms with Gasteiger partial charge in [-0.05, 0) is 19.9 Å². The SMILES string of the molecule is CC(C)Oc1cc(OC(F)F)c(C(=O)O)cc1Cl. The summed E-state index contributed by atoms with van der Waals surface area (Å²) in [6.45, 7) is 0.306. The average molecular weight is 281 g/mol. The number of carboxylic acids is 1. The van der Waals surface area contributed by atoms with Gasteiger partial charge in [0.25, 0.3) is 0 Å². The number of hydrogen-bond donors (Lipinski definition) is 1. The van der Waals surface area contributed by atoms with Gasteiger partial charge >= 0.3 is 12.6 Å². The predicted octanol–water partition coefficient (Wildman–Crippen LogP) is 3.43. The Morgan fingerprint density at radius 3 is 2.33 bits per heavy atom. The normalized spacial score (nSPS) is 10.8. The number of benzene rings is 1. The molecule has 0 fully saturated rings. The minimum Gasteiger partial charge on any atom is -0.489 e. The van der Waals surface area contributed by atoms with Crippen LogP contribution in [0.25, 0.3) is 0 Å². The van der Waals surface area contributed by atoms with E-state index in [2.05, 4.69) is 4.74 Å². The van der Waals surface area contributed by atoms with Gasteiger partial charge in [0, 0.05) is 6.07 Å². The Hall–Kier alpha value is -1.56. The molecule has 0 radical (unpaired) electrons. The summed E-state index contributed by atoms with van der Waals surface area (Å²) < 4.78 is 33.7. The molecular weight excluding hydrogens is 270 g/mol. The lowest BCUT2D eigenvalue weighted by Gasteiger charge is -2.14. The van der Waals surface area contributed by atoms with Crippen molar-refractivity contribution in [3.05, 3.63) is 22.7 Å². The molecule has 0 aliphatic heterocycles. The number of carbonyl (C=O) groups is 1. The van der Waals surface area contributed by atoms with Gasteiger partial charge in [-0.1, -0.05) is 11.6 Å². The van der Waals surface area contributed by atoms with Crippen LogP contribution in [0.4, 0.5) is 8.78 Å². The second kappa shape index (κ2) is 5.86. The molecule has 0 amide bonds. The van der Waals surface area contributed by atoms with Gasteiger partial charge in [0.15, 0.2) is 0 Å². The van der Waals surface area contributed by atoms with E-state index >= 15 is 0 Å². The molecule has 0 atom stereocenters. The van der Waals surface area contributed by atoms with Crippen LogP contribution in [-0.4, -0.2) is 23.8 Å². The highest BCUT2D eigenvalue weighted by molar-refractivity contribution is 6.32. The van der Waals surface area contributed by atoms with Crippen LogP contribution >= 0.6 is 11.6 Å². The van der Waals surface area contributed by atoms with Gasteiger partial charge in [-0.2, -0.15) is 8.78 Å². The van der Waals surface area contributed by atoms with E-state index in [-0.39, 0.29) is 16.9 Å². The van der Waals surface area contributed by atoms with Gasteiger partial charge in [-0.15, -0.1) is 0 Å². The van der Waals surface area contributed by atoms with Crippen molar-refractivity contribution in [3.8, 4) is 11.5 Å². The zero-order valence-corrected chi connectivity index (χ0v) is 10.4. The van der Waals surface area contributed by atoms with E-state index in [9.17, 15) is 13.6 Å². The fraction of sp³-hybridized carbons (Fsp3) is 0.364. The average Bonchev–Trinajstić information content (AvgIpc) is 2.20. The second-order valence-electron chi connectivity index (χ2n) is 3.63. The molecule has 1 aromatic rings. The molecule has 100 valence electrons. The van der Waals surface area contributed by atoms with E-state index in [1.807, 2.05) is 0 Å². The van der Waals surface area contributed by atoms with Gasteiger partial charge in [0.1, 0.15) is 17.1 Å². The quantitative estimate of drug-likeness (QED) is 0.898. The monoisotopic (exact) mass is 280 g/mol. The molecule has 18 heavy (non-hydrogen) atoms. The van der Waals surface area contributed by atoms with Crippen molar-refractivity contribution in [2.75, 3.05) is 0 Å². The molecule has 0 heterocycles. The maximum atomic E-state index is 12.2. The van der Waals surface area contributed by atoms with Gasteiger partial charge in [-0.3, -0.25) is 0 Å². The summed E-state index contributed by atoms with van der Waals surface area (Å²) in [4.78, 5) is 10.9. The van der Waals surface area contributed by atoms with Crippen LogP contribution in [0.3, 0.4) is 0 Å². The maximum Gasteiger partial charge on any atom is 0.387 e. The Kier molecular flexibility index (Phi) is 4.72. The number of ether oxygens (including phenoxy) is 2. The fourth-order valence-corrected chi connectivity index (χ4v) is 1.45. The molecule has 0 spiro atoms. The predicted molar refractivity (Wildman–Crippen MR) is 60.8 cm³/mol. The summed E-state index contributed by atoms with van der Waals surface area (Å²) in [6.07, 6.45) is -0.238. The molecule has 7 heteroatoms. The number of rotatable bonds is 5. The van der Waals surface area contributed by atoms with Crippen LogP contribution in [-0.2, 0) is 0 Å². The summed E-state index contributed by atoms with van der Waals surface area (Å²) in [5.41, 5.74) is -0.448. The molecule has 1 rings (SSSR count). The van der Waals surface area contributed by atoms with Crippen molar-refractivity contribution >= 4 is 17.6 Å². The number of halogens is 3. The minimum absolute atomic E-state index is 0.0164. The van der Waals surface area contributed by atoms with Crippen molar-refractivity contribution in [2.45, 2.75) is 26.6 Å². The van der Waals surface area contributed by atoms with E-state index < -0.39 is 23.9 Å². The first-order chi connectivity index (χ1) is 8.31. The van der Waals surface area contributed by atoms with Crippen molar-refractivity contribution < 1.29 is 28.2 Å². The van der Waals surface area contributed by atoms with Crippen LogP contribution in [0.15, 0.2) is 12.1 Å². The largest absolute Gasteiger partial charge is 0.489 e. The van der Waals surface area contributed by atoms with Gasteiger partial charge < -0.3 is 14.6 Å². The van der Waals surface area contributed by atoms with Crippen molar-refractivity contribution in [3.63, 3.8) is 0 Å². The Balaban J connectivity index is 3.21. The third-order valence-corrected chi connectivity index (χ3v) is 2.14. The lowest BCUT2D eigenvalue weighted by molar-refractivity contribution is -0.0504. The van der Waals surface area contributed by atoms with Crippen LogP contribution in [0.2, 0.25) is 5.02 Å². The number of alkyl halides is 2. The Morgan fingerprint density at radius 1 is 1.28 bits per heavy atom. The topological polar surface area (TPSA) is 55.8 Å². The number of aromatic carboxylic acids is 1. The van der Waals surface area contributed by atoms with Crippen LogP contribution in [0.1, 0.15) is 24.2 Å². The van der Waals surface area contributed by atoms with E-state index in [1.165, 1.54) is 0 Å². The zero-order valence-electron chi connectivity index (χ0n) is 9.62. The standard InChI is InChI=1S/C11H11ClF2O4/c1-5(2)17-9-4-8(18-11(13)14)6(10(15)16)3-7(9)12/h3-5,11H,1-2H3,(H,15,16). The summed E-state index contributed by atoms with van der Waals surface area (Å²) in [5, 5.41) is 8.87. The highest BCUT2D eigenvalue weighted by Gasteiger charge is 2.19. The van der Waals surface area contributed by atoms with Crippen LogP contribution in [0, 0.1) is 0 Å². The molecule has 1 N–H and O–H groups in total. The third kappa shape index (κ3) is 3.73.